The van der Waals surface area contributed by atoms with E-state index < -0.39 is 0 Å². The standard InChI is InChI=1S/C33H34N2O/c1-4-12-23(13-5-1)27-22-28-26-18-10-11-19-29(26)36-32(28)30(24-14-6-2-7-15-24)31(27)35-21-20-34-33(35)25-16-8-3-9-17-25/h3,8-11,16-24H,1-2,4-7,12-15H2. The van der Waals surface area contributed by atoms with E-state index in [1.807, 2.05) is 6.20 Å². The molecule has 0 radical (unpaired) electrons. The normalized spacial score (nSPS) is 17.8. The number of nitrogens with zero attached hydrogens (tertiary/aromatic N) is 2. The van der Waals surface area contributed by atoms with Crippen molar-refractivity contribution in [3.8, 4) is 17.1 Å². The molecule has 0 bridgehead atoms. The molecular weight excluding hydrogens is 440 g/mol. The topological polar surface area (TPSA) is 31.0 Å². The van der Waals surface area contributed by atoms with Crippen LogP contribution in [0.15, 0.2) is 77.5 Å². The van der Waals surface area contributed by atoms with Crippen LogP contribution >= 0.6 is 0 Å². The number of hydrogen-bond donors (Lipinski definition) is 0. The first-order valence-electron chi connectivity index (χ1n) is 14.0. The van der Waals surface area contributed by atoms with Gasteiger partial charge in [0, 0.05) is 34.3 Å². The molecule has 2 saturated carbocycles. The van der Waals surface area contributed by atoms with E-state index in [1.165, 1.54) is 91.8 Å². The Balaban J connectivity index is 1.57. The predicted octanol–water partition coefficient (Wildman–Crippen LogP) is 9.53. The zero-order chi connectivity index (χ0) is 23.9. The lowest BCUT2D eigenvalue weighted by molar-refractivity contribution is 0.433. The van der Waals surface area contributed by atoms with Crippen molar-refractivity contribution in [2.24, 2.45) is 0 Å². The molecule has 182 valence electrons. The van der Waals surface area contributed by atoms with Crippen LogP contribution in [0.25, 0.3) is 39.0 Å². The van der Waals surface area contributed by atoms with Gasteiger partial charge in [-0.25, -0.2) is 4.98 Å². The number of furan rings is 1. The summed E-state index contributed by atoms with van der Waals surface area (Å²) in [5, 5.41) is 2.55. The first-order valence-corrected chi connectivity index (χ1v) is 14.0. The van der Waals surface area contributed by atoms with Gasteiger partial charge in [0.25, 0.3) is 0 Å². The van der Waals surface area contributed by atoms with Crippen molar-refractivity contribution in [3.63, 3.8) is 0 Å². The van der Waals surface area contributed by atoms with Crippen molar-refractivity contribution >= 4 is 21.9 Å². The van der Waals surface area contributed by atoms with Crippen molar-refractivity contribution in [1.29, 1.82) is 0 Å². The Hall–Kier alpha value is -3.33. The third kappa shape index (κ3) is 3.68. The molecule has 0 unspecified atom stereocenters. The molecule has 3 nitrogen and oxygen atoms in total. The van der Waals surface area contributed by atoms with Gasteiger partial charge in [-0.1, -0.05) is 87.1 Å². The van der Waals surface area contributed by atoms with Crippen molar-refractivity contribution in [3.05, 3.63) is 84.2 Å². The number of aromatic nitrogens is 2. The Kier molecular flexibility index (Phi) is 5.65. The molecule has 2 fully saturated rings. The van der Waals surface area contributed by atoms with Gasteiger partial charge in [-0.3, -0.25) is 4.57 Å². The molecule has 0 aliphatic heterocycles. The van der Waals surface area contributed by atoms with Crippen LogP contribution in [0.3, 0.4) is 0 Å². The minimum atomic E-state index is 0.520. The maximum atomic E-state index is 6.73. The third-order valence-electron chi connectivity index (χ3n) is 8.68. The third-order valence-corrected chi connectivity index (χ3v) is 8.68. The SMILES string of the molecule is c1ccc(-c2nccn2-c2c(C3CCCCC3)cc3c(oc4ccccc43)c2C2CCCCC2)cc1. The summed E-state index contributed by atoms with van der Waals surface area (Å²) in [6.45, 7) is 0. The second-order valence-corrected chi connectivity index (χ2v) is 10.9. The fourth-order valence-corrected chi connectivity index (χ4v) is 6.94. The lowest BCUT2D eigenvalue weighted by atomic mass is 9.77. The summed E-state index contributed by atoms with van der Waals surface area (Å²) in [5.41, 5.74) is 7.56. The second-order valence-electron chi connectivity index (χ2n) is 10.9. The van der Waals surface area contributed by atoms with Crippen LogP contribution in [0.4, 0.5) is 0 Å². The number of fused-ring (bicyclic) bond motifs is 3. The highest BCUT2D eigenvalue weighted by Gasteiger charge is 2.31. The molecule has 36 heavy (non-hydrogen) atoms. The van der Waals surface area contributed by atoms with Gasteiger partial charge < -0.3 is 4.42 Å². The maximum absolute atomic E-state index is 6.73. The number of imidazole rings is 1. The Labute approximate surface area is 213 Å². The first kappa shape index (κ1) is 21.9. The second kappa shape index (κ2) is 9.28. The van der Waals surface area contributed by atoms with Crippen molar-refractivity contribution in [1.82, 2.24) is 9.55 Å². The van der Waals surface area contributed by atoms with Gasteiger partial charge in [0.1, 0.15) is 17.0 Å². The number of rotatable bonds is 4. The summed E-state index contributed by atoms with van der Waals surface area (Å²) in [5.74, 6) is 2.13. The van der Waals surface area contributed by atoms with Gasteiger partial charge in [0.15, 0.2) is 0 Å². The van der Waals surface area contributed by atoms with Crippen LogP contribution in [-0.2, 0) is 0 Å². The van der Waals surface area contributed by atoms with E-state index >= 15 is 0 Å². The molecule has 5 aromatic rings. The zero-order valence-electron chi connectivity index (χ0n) is 21.0. The smallest absolute Gasteiger partial charge is 0.144 e. The fourth-order valence-electron chi connectivity index (χ4n) is 6.94. The lowest BCUT2D eigenvalue weighted by Crippen LogP contribution is -2.15. The number of benzene rings is 3. The van der Waals surface area contributed by atoms with Crippen LogP contribution < -0.4 is 0 Å². The summed E-state index contributed by atoms with van der Waals surface area (Å²) in [4.78, 5) is 4.89. The molecule has 3 aromatic carbocycles. The molecular formula is C33H34N2O. The zero-order valence-corrected chi connectivity index (χ0v) is 21.0. The van der Waals surface area contributed by atoms with Gasteiger partial charge in [0.05, 0.1) is 5.69 Å². The van der Waals surface area contributed by atoms with Gasteiger partial charge in [-0.05, 0) is 55.2 Å². The molecule has 3 heteroatoms. The molecule has 0 saturated heterocycles. The molecule has 2 aromatic heterocycles. The molecule has 2 aliphatic rings. The predicted molar refractivity (Wildman–Crippen MR) is 148 cm³/mol. The first-order chi connectivity index (χ1) is 17.9. The van der Waals surface area contributed by atoms with Crippen molar-refractivity contribution in [2.45, 2.75) is 76.0 Å². The average molecular weight is 475 g/mol. The maximum Gasteiger partial charge on any atom is 0.144 e. The fraction of sp³-hybridized carbons (Fsp3) is 0.364. The van der Waals surface area contributed by atoms with Crippen molar-refractivity contribution < 1.29 is 4.42 Å². The number of para-hydroxylation sites is 1. The van der Waals surface area contributed by atoms with E-state index in [1.54, 1.807) is 0 Å². The van der Waals surface area contributed by atoms with Gasteiger partial charge in [-0.15, -0.1) is 0 Å². The van der Waals surface area contributed by atoms with E-state index in [4.69, 9.17) is 9.40 Å². The Morgan fingerprint density at radius 2 is 1.42 bits per heavy atom. The summed E-state index contributed by atoms with van der Waals surface area (Å²) < 4.78 is 9.13. The van der Waals surface area contributed by atoms with E-state index in [0.717, 1.165) is 22.6 Å². The Morgan fingerprint density at radius 3 is 2.19 bits per heavy atom. The molecule has 0 spiro atoms. The van der Waals surface area contributed by atoms with Gasteiger partial charge >= 0.3 is 0 Å². The van der Waals surface area contributed by atoms with Crippen LogP contribution in [0.5, 0.6) is 0 Å². The van der Waals surface area contributed by atoms with E-state index in [-0.39, 0.29) is 0 Å². The highest BCUT2D eigenvalue weighted by Crippen LogP contribution is 2.48. The number of hydrogen-bond acceptors (Lipinski definition) is 2. The highest BCUT2D eigenvalue weighted by atomic mass is 16.3. The molecule has 7 rings (SSSR count). The average Bonchev–Trinajstić information content (AvgIpc) is 3.58. The van der Waals surface area contributed by atoms with Gasteiger partial charge in [-0.2, -0.15) is 0 Å². The monoisotopic (exact) mass is 474 g/mol. The summed E-state index contributed by atoms with van der Waals surface area (Å²) in [7, 11) is 0. The minimum absolute atomic E-state index is 0.520. The van der Waals surface area contributed by atoms with Crippen LogP contribution in [0.2, 0.25) is 0 Å². The van der Waals surface area contributed by atoms with Crippen molar-refractivity contribution in [2.75, 3.05) is 0 Å². The molecule has 0 amide bonds. The molecule has 0 N–H and O–H groups in total. The molecule has 2 aliphatic carbocycles. The largest absolute Gasteiger partial charge is 0.456 e. The van der Waals surface area contributed by atoms with Crippen LogP contribution in [-0.4, -0.2) is 9.55 Å². The van der Waals surface area contributed by atoms with Crippen LogP contribution in [0, 0.1) is 0 Å². The molecule has 0 atom stereocenters. The summed E-state index contributed by atoms with van der Waals surface area (Å²) in [6, 6.07) is 21.8. The highest BCUT2D eigenvalue weighted by molar-refractivity contribution is 6.07. The van der Waals surface area contributed by atoms with Crippen LogP contribution in [0.1, 0.15) is 87.2 Å². The summed E-state index contributed by atoms with van der Waals surface area (Å²) in [6.07, 6.45) is 17.1. The van der Waals surface area contributed by atoms with E-state index in [2.05, 4.69) is 71.4 Å². The quantitative estimate of drug-likeness (QED) is 0.260. The minimum Gasteiger partial charge on any atom is -0.456 e. The van der Waals surface area contributed by atoms with E-state index in [9.17, 15) is 0 Å². The van der Waals surface area contributed by atoms with E-state index in [0.29, 0.717) is 11.8 Å². The van der Waals surface area contributed by atoms with Gasteiger partial charge in [0.2, 0.25) is 0 Å². The molecule has 2 heterocycles. The lowest BCUT2D eigenvalue weighted by Gasteiger charge is -2.30. The Bertz CT molecular complexity index is 1500. The Morgan fingerprint density at radius 1 is 0.722 bits per heavy atom. The summed E-state index contributed by atoms with van der Waals surface area (Å²) >= 11 is 0.